The Balaban J connectivity index is 1.91. The number of aliphatic carboxylic acids is 1. The molecule has 0 spiro atoms. The Kier molecular flexibility index (Phi) is 4.86. The van der Waals surface area contributed by atoms with Gasteiger partial charge in [-0.1, -0.05) is 11.8 Å². The number of carboxylic acids is 1. The van der Waals surface area contributed by atoms with Crippen LogP contribution in [0.4, 0.5) is 4.39 Å². The van der Waals surface area contributed by atoms with Gasteiger partial charge in [0.15, 0.2) is 10.1 Å². The normalized spacial score (nSPS) is 10.4. The molecule has 2 rings (SSSR count). The molecule has 0 bridgehead atoms. The predicted octanol–water partition coefficient (Wildman–Crippen LogP) is 2.88. The van der Waals surface area contributed by atoms with Gasteiger partial charge in [-0.25, -0.2) is 9.37 Å². The van der Waals surface area contributed by atoms with E-state index in [1.54, 1.807) is 5.38 Å². The second-order valence-corrected chi connectivity index (χ2v) is 5.97. The molecular weight excluding hydrogens is 301 g/mol. The summed E-state index contributed by atoms with van der Waals surface area (Å²) >= 11 is 2.55. The van der Waals surface area contributed by atoms with E-state index in [9.17, 15) is 14.0 Å². The molecule has 0 aliphatic rings. The molecule has 4 nitrogen and oxygen atoms in total. The highest BCUT2D eigenvalue weighted by Crippen LogP contribution is 2.23. The van der Waals surface area contributed by atoms with Gasteiger partial charge in [-0.05, 0) is 24.3 Å². The highest BCUT2D eigenvalue weighted by Gasteiger charge is 2.10. The molecule has 0 radical (unpaired) electrons. The predicted molar refractivity (Wildman–Crippen MR) is 74.9 cm³/mol. The van der Waals surface area contributed by atoms with Crippen LogP contribution in [0.1, 0.15) is 16.1 Å². The van der Waals surface area contributed by atoms with Crippen LogP contribution in [0.2, 0.25) is 0 Å². The van der Waals surface area contributed by atoms with Gasteiger partial charge in [0.2, 0.25) is 0 Å². The second-order valence-electron chi connectivity index (χ2n) is 3.89. The van der Waals surface area contributed by atoms with E-state index in [-0.39, 0.29) is 23.8 Å². The van der Waals surface area contributed by atoms with Gasteiger partial charge in [0.1, 0.15) is 5.82 Å². The summed E-state index contributed by atoms with van der Waals surface area (Å²) in [6.45, 7) is 0. The first kappa shape index (κ1) is 14.7. The van der Waals surface area contributed by atoms with Gasteiger partial charge in [-0.3, -0.25) is 9.59 Å². The van der Waals surface area contributed by atoms with Crippen LogP contribution in [-0.4, -0.2) is 27.6 Å². The van der Waals surface area contributed by atoms with Crippen molar-refractivity contribution in [2.45, 2.75) is 10.8 Å². The first-order valence-corrected chi connectivity index (χ1v) is 7.49. The minimum Gasteiger partial charge on any atom is -0.481 e. The molecule has 1 aromatic heterocycles. The molecule has 0 aliphatic heterocycles. The number of nitrogens with zero attached hydrogens (tertiary/aromatic N) is 1. The number of carbonyl (C=O) groups excluding carboxylic acids is 1. The van der Waals surface area contributed by atoms with Gasteiger partial charge >= 0.3 is 5.97 Å². The number of ketones is 1. The quantitative estimate of drug-likeness (QED) is 0.656. The van der Waals surface area contributed by atoms with Crippen LogP contribution in [-0.2, 0) is 11.2 Å². The Morgan fingerprint density at radius 3 is 2.65 bits per heavy atom. The number of hydrogen-bond acceptors (Lipinski definition) is 5. The molecule has 0 unspecified atom stereocenters. The van der Waals surface area contributed by atoms with E-state index in [1.807, 2.05) is 0 Å². The van der Waals surface area contributed by atoms with Crippen molar-refractivity contribution in [3.05, 3.63) is 46.7 Å². The Hall–Kier alpha value is -1.73. The Morgan fingerprint density at radius 2 is 2.00 bits per heavy atom. The Bertz CT molecular complexity index is 625. The van der Waals surface area contributed by atoms with Crippen molar-refractivity contribution in [2.75, 3.05) is 5.75 Å². The molecule has 1 aromatic carbocycles. The maximum atomic E-state index is 12.7. The molecule has 0 saturated carbocycles. The van der Waals surface area contributed by atoms with Crippen molar-refractivity contribution in [3.8, 4) is 0 Å². The van der Waals surface area contributed by atoms with Crippen molar-refractivity contribution in [2.24, 2.45) is 0 Å². The number of benzene rings is 1. The van der Waals surface area contributed by atoms with E-state index in [2.05, 4.69) is 4.98 Å². The minimum absolute atomic E-state index is 0.120. The van der Waals surface area contributed by atoms with E-state index in [1.165, 1.54) is 47.4 Å². The molecule has 0 atom stereocenters. The van der Waals surface area contributed by atoms with Gasteiger partial charge in [0.05, 0.1) is 17.9 Å². The van der Waals surface area contributed by atoms with E-state index >= 15 is 0 Å². The van der Waals surface area contributed by atoms with Gasteiger partial charge in [0.25, 0.3) is 0 Å². The second kappa shape index (κ2) is 6.62. The topological polar surface area (TPSA) is 67.3 Å². The summed E-state index contributed by atoms with van der Waals surface area (Å²) in [6, 6.07) is 5.37. The third-order valence-corrected chi connectivity index (χ3v) is 4.43. The van der Waals surface area contributed by atoms with Crippen LogP contribution < -0.4 is 0 Å². The smallest absolute Gasteiger partial charge is 0.309 e. The van der Waals surface area contributed by atoms with Crippen molar-refractivity contribution < 1.29 is 19.1 Å². The standard InChI is InChI=1S/C13H10FNO3S2/c14-9-3-1-8(2-4-9)11(16)7-20-13-15-10(6-19-13)5-12(17)18/h1-4,6H,5,7H2,(H,17,18). The molecule has 20 heavy (non-hydrogen) atoms. The van der Waals surface area contributed by atoms with Crippen LogP contribution in [0.15, 0.2) is 34.0 Å². The first-order chi connectivity index (χ1) is 9.54. The average Bonchev–Trinajstić information content (AvgIpc) is 2.83. The third kappa shape index (κ3) is 4.14. The summed E-state index contributed by atoms with van der Waals surface area (Å²) in [4.78, 5) is 26.5. The zero-order valence-corrected chi connectivity index (χ0v) is 11.8. The molecule has 104 valence electrons. The SMILES string of the molecule is O=C(O)Cc1csc(SCC(=O)c2ccc(F)cc2)n1. The van der Waals surface area contributed by atoms with E-state index in [0.717, 1.165) is 0 Å². The van der Waals surface area contributed by atoms with Gasteiger partial charge in [-0.15, -0.1) is 11.3 Å². The van der Waals surface area contributed by atoms with E-state index in [0.29, 0.717) is 15.6 Å². The number of aromatic nitrogens is 1. The number of thioether (sulfide) groups is 1. The molecule has 1 N–H and O–H groups in total. The number of carboxylic acid groups (broad SMARTS) is 1. The van der Waals surface area contributed by atoms with Crippen molar-refractivity contribution >= 4 is 34.9 Å². The fourth-order valence-electron chi connectivity index (χ4n) is 1.44. The van der Waals surface area contributed by atoms with Gasteiger partial charge in [0, 0.05) is 10.9 Å². The summed E-state index contributed by atoms with van der Waals surface area (Å²) in [6.07, 6.45) is -0.122. The number of halogens is 1. The number of hydrogen-bond donors (Lipinski definition) is 1. The summed E-state index contributed by atoms with van der Waals surface area (Å²) in [5, 5.41) is 10.3. The third-order valence-electron chi connectivity index (χ3n) is 2.36. The van der Waals surface area contributed by atoms with E-state index < -0.39 is 5.97 Å². The van der Waals surface area contributed by atoms with Crippen molar-refractivity contribution in [1.82, 2.24) is 4.98 Å². The molecule has 7 heteroatoms. The minimum atomic E-state index is -0.936. The monoisotopic (exact) mass is 311 g/mol. The lowest BCUT2D eigenvalue weighted by Crippen LogP contribution is -2.02. The maximum Gasteiger partial charge on any atom is 0.309 e. The Morgan fingerprint density at radius 1 is 1.30 bits per heavy atom. The highest BCUT2D eigenvalue weighted by atomic mass is 32.2. The van der Waals surface area contributed by atoms with Crippen LogP contribution in [0.3, 0.4) is 0 Å². The maximum absolute atomic E-state index is 12.7. The fraction of sp³-hybridized carbons (Fsp3) is 0.154. The number of carbonyl (C=O) groups is 2. The van der Waals surface area contributed by atoms with Crippen LogP contribution in [0.25, 0.3) is 0 Å². The first-order valence-electron chi connectivity index (χ1n) is 5.62. The molecular formula is C13H10FNO3S2. The molecule has 1 heterocycles. The zero-order chi connectivity index (χ0) is 14.5. The number of Topliss-reactive ketones (excluding diaryl/α,β-unsaturated/α-hetero) is 1. The Labute approximate surface area is 122 Å². The highest BCUT2D eigenvalue weighted by molar-refractivity contribution is 8.01. The summed E-state index contributed by atoms with van der Waals surface area (Å²) in [7, 11) is 0. The molecule has 0 amide bonds. The lowest BCUT2D eigenvalue weighted by molar-refractivity contribution is -0.136. The molecule has 0 aliphatic carbocycles. The molecule has 0 saturated heterocycles. The average molecular weight is 311 g/mol. The van der Waals surface area contributed by atoms with Crippen molar-refractivity contribution in [1.29, 1.82) is 0 Å². The van der Waals surface area contributed by atoms with Crippen LogP contribution >= 0.6 is 23.1 Å². The fourth-order valence-corrected chi connectivity index (χ4v) is 3.18. The van der Waals surface area contributed by atoms with Crippen LogP contribution in [0, 0.1) is 5.82 Å². The number of rotatable bonds is 6. The van der Waals surface area contributed by atoms with Gasteiger partial charge < -0.3 is 5.11 Å². The van der Waals surface area contributed by atoms with Crippen molar-refractivity contribution in [3.63, 3.8) is 0 Å². The zero-order valence-electron chi connectivity index (χ0n) is 10.2. The largest absolute Gasteiger partial charge is 0.481 e. The molecule has 0 fully saturated rings. The summed E-state index contributed by atoms with van der Waals surface area (Å²) in [5.41, 5.74) is 0.931. The lowest BCUT2D eigenvalue weighted by atomic mass is 10.1. The number of thiazole rings is 1. The summed E-state index contributed by atoms with van der Waals surface area (Å²) in [5.74, 6) is -1.25. The van der Waals surface area contributed by atoms with Crippen LogP contribution in [0.5, 0.6) is 0 Å². The van der Waals surface area contributed by atoms with E-state index in [4.69, 9.17) is 5.11 Å². The van der Waals surface area contributed by atoms with Gasteiger partial charge in [-0.2, -0.15) is 0 Å². The summed E-state index contributed by atoms with van der Waals surface area (Å²) < 4.78 is 13.4. The molecule has 2 aromatic rings. The lowest BCUT2D eigenvalue weighted by Gasteiger charge is -1.99.